The normalized spacial score (nSPS) is 30.1. The number of likely N-dealkylation sites (N-methyl/N-ethyl adjacent to an activating group) is 1. The molecule has 3 rings (SSSR count). The Balaban J connectivity index is 1.78. The number of nitrogens with two attached hydrogens (primary N) is 1. The fourth-order valence-corrected chi connectivity index (χ4v) is 5.02. The van der Waals surface area contributed by atoms with E-state index in [4.69, 9.17) is 5.73 Å². The molecule has 0 heterocycles. The van der Waals surface area contributed by atoms with Crippen LogP contribution in [0.15, 0.2) is 30.3 Å². The van der Waals surface area contributed by atoms with Gasteiger partial charge in [-0.25, -0.2) is 0 Å². The number of fused-ring (bicyclic) bond motifs is 2. The molecule has 0 radical (unpaired) electrons. The van der Waals surface area contributed by atoms with Crippen molar-refractivity contribution in [2.45, 2.75) is 64.1 Å². The maximum absolute atomic E-state index is 13.3. The lowest BCUT2D eigenvalue weighted by Gasteiger charge is -2.46. The highest BCUT2D eigenvalue weighted by molar-refractivity contribution is 5.83. The molecule has 138 valence electrons. The molecule has 0 saturated heterocycles. The summed E-state index contributed by atoms with van der Waals surface area (Å²) in [5.74, 6) is 1.27. The highest BCUT2D eigenvalue weighted by Gasteiger charge is 2.41. The van der Waals surface area contributed by atoms with Crippen LogP contribution in [0.1, 0.15) is 57.6 Å². The van der Waals surface area contributed by atoms with Gasteiger partial charge >= 0.3 is 0 Å². The van der Waals surface area contributed by atoms with Crippen molar-refractivity contribution < 1.29 is 4.79 Å². The van der Waals surface area contributed by atoms with E-state index in [0.29, 0.717) is 23.9 Å². The maximum Gasteiger partial charge on any atom is 0.242 e. The van der Waals surface area contributed by atoms with E-state index in [2.05, 4.69) is 36.2 Å². The third kappa shape index (κ3) is 4.06. The molecule has 3 atom stereocenters. The Morgan fingerprint density at radius 3 is 2.32 bits per heavy atom. The number of carbonyl (C=O) groups is 1. The van der Waals surface area contributed by atoms with Gasteiger partial charge in [0.1, 0.15) is 6.04 Å². The first-order chi connectivity index (χ1) is 12.1. The van der Waals surface area contributed by atoms with Crippen molar-refractivity contribution in [2.24, 2.45) is 17.6 Å². The van der Waals surface area contributed by atoms with Gasteiger partial charge in [0.25, 0.3) is 0 Å². The van der Waals surface area contributed by atoms with Gasteiger partial charge in [-0.3, -0.25) is 9.69 Å². The van der Waals surface area contributed by atoms with Gasteiger partial charge in [-0.1, -0.05) is 50.6 Å². The molecule has 1 aromatic rings. The molecule has 0 aliphatic heterocycles. The minimum absolute atomic E-state index is 0.160. The number of hydrogen-bond acceptors (Lipinski definition) is 3. The van der Waals surface area contributed by atoms with Gasteiger partial charge in [-0.05, 0) is 56.2 Å². The molecule has 25 heavy (non-hydrogen) atoms. The van der Waals surface area contributed by atoms with E-state index >= 15 is 0 Å². The first-order valence-corrected chi connectivity index (χ1v) is 9.99. The van der Waals surface area contributed by atoms with Crippen molar-refractivity contribution in [3.63, 3.8) is 0 Å². The first-order valence-electron chi connectivity index (χ1n) is 9.99. The molecule has 4 heteroatoms. The van der Waals surface area contributed by atoms with Gasteiger partial charge in [0.05, 0.1) is 0 Å². The van der Waals surface area contributed by atoms with Crippen LogP contribution >= 0.6 is 0 Å². The zero-order valence-electron chi connectivity index (χ0n) is 15.7. The van der Waals surface area contributed by atoms with E-state index in [0.717, 1.165) is 31.5 Å². The average Bonchev–Trinajstić information content (AvgIpc) is 2.61. The molecule has 3 N–H and O–H groups in total. The quantitative estimate of drug-likeness (QED) is 0.834. The van der Waals surface area contributed by atoms with Crippen molar-refractivity contribution >= 4 is 5.91 Å². The number of rotatable bonds is 6. The van der Waals surface area contributed by atoms with Crippen LogP contribution in [0.2, 0.25) is 0 Å². The van der Waals surface area contributed by atoms with Gasteiger partial charge in [0.2, 0.25) is 5.91 Å². The summed E-state index contributed by atoms with van der Waals surface area (Å²) >= 11 is 0. The molecule has 0 spiro atoms. The second-order valence-electron chi connectivity index (χ2n) is 7.75. The van der Waals surface area contributed by atoms with Crippen LogP contribution in [-0.2, 0) is 4.79 Å². The molecule has 1 aromatic carbocycles. The molecule has 3 unspecified atom stereocenters. The molecule has 2 fully saturated rings. The second kappa shape index (κ2) is 8.33. The fourth-order valence-electron chi connectivity index (χ4n) is 5.02. The molecule has 2 aliphatic carbocycles. The summed E-state index contributed by atoms with van der Waals surface area (Å²) in [6.07, 6.45) is 5.81. The predicted octanol–water partition coefficient (Wildman–Crippen LogP) is 3.09. The molecule has 4 nitrogen and oxygen atoms in total. The molecule has 2 aliphatic rings. The van der Waals surface area contributed by atoms with Gasteiger partial charge in [-0.15, -0.1) is 0 Å². The summed E-state index contributed by atoms with van der Waals surface area (Å²) in [4.78, 5) is 15.5. The second-order valence-corrected chi connectivity index (χ2v) is 7.75. The fraction of sp³-hybridized carbons (Fsp3) is 0.667. The first kappa shape index (κ1) is 18.4. The van der Waals surface area contributed by atoms with Crippen LogP contribution in [0.5, 0.6) is 0 Å². The zero-order chi connectivity index (χ0) is 17.8. The van der Waals surface area contributed by atoms with Crippen molar-refractivity contribution in [3.8, 4) is 0 Å². The molecule has 0 aromatic heterocycles. The average molecular weight is 344 g/mol. The minimum Gasteiger partial charge on any atom is -0.351 e. The zero-order valence-corrected chi connectivity index (χ0v) is 15.7. The van der Waals surface area contributed by atoms with Crippen LogP contribution in [0, 0.1) is 11.8 Å². The van der Waals surface area contributed by atoms with E-state index in [1.54, 1.807) is 0 Å². The summed E-state index contributed by atoms with van der Waals surface area (Å²) in [5, 5.41) is 3.45. The Morgan fingerprint density at radius 1 is 1.16 bits per heavy atom. The number of nitrogens with zero attached hydrogens (tertiary/aromatic N) is 1. The number of amides is 1. The number of carbonyl (C=O) groups excluding carboxylic acids is 1. The van der Waals surface area contributed by atoms with E-state index in [-0.39, 0.29) is 11.9 Å². The summed E-state index contributed by atoms with van der Waals surface area (Å²) in [6.45, 7) is 5.99. The van der Waals surface area contributed by atoms with Crippen molar-refractivity contribution in [2.75, 3.05) is 13.1 Å². The SMILES string of the molecule is CCN(CC)C(C(=O)NC1C2CCCC1CC(N)C2)c1ccccc1. The van der Waals surface area contributed by atoms with Crippen LogP contribution in [-0.4, -0.2) is 36.0 Å². The topological polar surface area (TPSA) is 58.4 Å². The highest BCUT2D eigenvalue weighted by Crippen LogP contribution is 2.40. The molecular formula is C21H33N3O. The Labute approximate surface area is 152 Å². The molecule has 2 bridgehead atoms. The lowest BCUT2D eigenvalue weighted by atomic mass is 9.67. The Morgan fingerprint density at radius 2 is 1.76 bits per heavy atom. The van der Waals surface area contributed by atoms with Gasteiger partial charge < -0.3 is 11.1 Å². The van der Waals surface area contributed by atoms with Crippen LogP contribution < -0.4 is 11.1 Å². The number of nitrogens with one attached hydrogen (secondary N) is 1. The molecular weight excluding hydrogens is 310 g/mol. The van der Waals surface area contributed by atoms with E-state index in [9.17, 15) is 4.79 Å². The summed E-state index contributed by atoms with van der Waals surface area (Å²) < 4.78 is 0. The van der Waals surface area contributed by atoms with Crippen LogP contribution in [0.3, 0.4) is 0 Å². The summed E-state index contributed by atoms with van der Waals surface area (Å²) in [6, 6.07) is 10.6. The maximum atomic E-state index is 13.3. The van der Waals surface area contributed by atoms with E-state index < -0.39 is 0 Å². The summed E-state index contributed by atoms with van der Waals surface area (Å²) in [7, 11) is 0. The van der Waals surface area contributed by atoms with E-state index in [1.165, 1.54) is 19.3 Å². The standard InChI is InChI=1S/C21H33N3O/c1-3-24(4-2)20(15-9-6-5-7-10-15)21(25)23-19-16-11-8-12-17(19)14-18(22)13-16/h5-7,9-10,16-20H,3-4,8,11-14,22H2,1-2H3,(H,23,25). The third-order valence-electron chi connectivity index (χ3n) is 6.23. The Kier molecular flexibility index (Phi) is 6.13. The number of benzene rings is 1. The van der Waals surface area contributed by atoms with Crippen molar-refractivity contribution in [1.29, 1.82) is 0 Å². The monoisotopic (exact) mass is 343 g/mol. The lowest BCUT2D eigenvalue weighted by Crippen LogP contribution is -2.55. The predicted molar refractivity (Wildman–Crippen MR) is 102 cm³/mol. The summed E-state index contributed by atoms with van der Waals surface area (Å²) in [5.41, 5.74) is 7.32. The van der Waals surface area contributed by atoms with Gasteiger partial charge in [0, 0.05) is 12.1 Å². The lowest BCUT2D eigenvalue weighted by molar-refractivity contribution is -0.129. The Hall–Kier alpha value is -1.39. The van der Waals surface area contributed by atoms with Gasteiger partial charge in [0.15, 0.2) is 0 Å². The Bertz CT molecular complexity index is 544. The van der Waals surface area contributed by atoms with Crippen molar-refractivity contribution in [1.82, 2.24) is 10.2 Å². The van der Waals surface area contributed by atoms with Crippen LogP contribution in [0.4, 0.5) is 0 Å². The highest BCUT2D eigenvalue weighted by atomic mass is 16.2. The van der Waals surface area contributed by atoms with Crippen LogP contribution in [0.25, 0.3) is 0 Å². The van der Waals surface area contributed by atoms with Crippen molar-refractivity contribution in [3.05, 3.63) is 35.9 Å². The minimum atomic E-state index is -0.201. The molecule has 1 amide bonds. The third-order valence-corrected chi connectivity index (χ3v) is 6.23. The van der Waals surface area contributed by atoms with E-state index in [1.807, 2.05) is 18.2 Å². The largest absolute Gasteiger partial charge is 0.351 e. The smallest absolute Gasteiger partial charge is 0.242 e. The van der Waals surface area contributed by atoms with Gasteiger partial charge in [-0.2, -0.15) is 0 Å². The number of hydrogen-bond donors (Lipinski definition) is 2. The molecule has 2 saturated carbocycles.